The van der Waals surface area contributed by atoms with Gasteiger partial charge in [-0.25, -0.2) is 0 Å². The summed E-state index contributed by atoms with van der Waals surface area (Å²) in [4.78, 5) is 4.09. The highest BCUT2D eigenvalue weighted by atomic mass is 16.7. The molecule has 0 atom stereocenters. The van der Waals surface area contributed by atoms with Crippen molar-refractivity contribution in [2.24, 2.45) is 0 Å². The first kappa shape index (κ1) is 12.1. The van der Waals surface area contributed by atoms with Crippen LogP contribution in [0.25, 0.3) is 0 Å². The maximum Gasteiger partial charge on any atom is 0.168 e. The lowest BCUT2D eigenvalue weighted by Gasteiger charge is -2.35. The van der Waals surface area contributed by atoms with Gasteiger partial charge in [0.25, 0.3) is 0 Å². The number of rotatable bonds is 3. The van der Waals surface area contributed by atoms with Crippen LogP contribution in [0.1, 0.15) is 31.2 Å². The molecule has 2 fully saturated rings. The van der Waals surface area contributed by atoms with Crippen molar-refractivity contribution in [3.8, 4) is 0 Å². The second-order valence-electron chi connectivity index (χ2n) is 4.98. The zero-order valence-electron chi connectivity index (χ0n) is 10.5. The van der Waals surface area contributed by atoms with Crippen molar-refractivity contribution in [1.29, 1.82) is 0 Å². The van der Waals surface area contributed by atoms with E-state index < -0.39 is 0 Å². The fourth-order valence-corrected chi connectivity index (χ4v) is 2.68. The van der Waals surface area contributed by atoms with Crippen molar-refractivity contribution in [3.63, 3.8) is 0 Å². The van der Waals surface area contributed by atoms with E-state index >= 15 is 0 Å². The van der Waals surface area contributed by atoms with Gasteiger partial charge in [-0.3, -0.25) is 4.98 Å². The molecule has 1 aliphatic heterocycles. The first-order valence-corrected chi connectivity index (χ1v) is 6.65. The fourth-order valence-electron chi connectivity index (χ4n) is 2.68. The third-order valence-electron chi connectivity index (χ3n) is 3.72. The van der Waals surface area contributed by atoms with Crippen LogP contribution in [-0.4, -0.2) is 30.1 Å². The van der Waals surface area contributed by atoms with Gasteiger partial charge in [-0.05, 0) is 24.5 Å². The van der Waals surface area contributed by atoms with E-state index in [1.165, 1.54) is 0 Å². The van der Waals surface area contributed by atoms with Crippen molar-refractivity contribution in [2.45, 2.75) is 44.2 Å². The molecule has 0 bridgehead atoms. The Balaban J connectivity index is 1.46. The molecule has 3 rings (SSSR count). The third kappa shape index (κ3) is 2.71. The summed E-state index contributed by atoms with van der Waals surface area (Å²) in [6, 6.07) is 3.98. The lowest BCUT2D eigenvalue weighted by atomic mass is 9.92. The molecule has 1 aliphatic carbocycles. The van der Waals surface area contributed by atoms with E-state index in [2.05, 4.69) is 4.98 Å². The Hall–Kier alpha value is -0.970. The van der Waals surface area contributed by atoms with Gasteiger partial charge in [-0.1, -0.05) is 6.07 Å². The van der Waals surface area contributed by atoms with Crippen molar-refractivity contribution < 1.29 is 14.2 Å². The second-order valence-corrected chi connectivity index (χ2v) is 4.98. The Morgan fingerprint density at radius 2 is 2.06 bits per heavy atom. The average Bonchev–Trinajstić information content (AvgIpc) is 2.88. The molecule has 1 saturated carbocycles. The van der Waals surface area contributed by atoms with Gasteiger partial charge in [0.2, 0.25) is 0 Å². The minimum Gasteiger partial charge on any atom is -0.373 e. The molecule has 98 valence electrons. The van der Waals surface area contributed by atoms with E-state index in [1.807, 2.05) is 18.3 Å². The summed E-state index contributed by atoms with van der Waals surface area (Å²) >= 11 is 0. The van der Waals surface area contributed by atoms with Crippen LogP contribution in [0.15, 0.2) is 24.5 Å². The smallest absolute Gasteiger partial charge is 0.168 e. The summed E-state index contributed by atoms with van der Waals surface area (Å²) in [5, 5.41) is 0. The molecule has 0 radical (unpaired) electrons. The molecular formula is C14H19NO3. The minimum absolute atomic E-state index is 0.284. The molecule has 0 aromatic carbocycles. The summed E-state index contributed by atoms with van der Waals surface area (Å²) in [5.74, 6) is -0.284. The lowest BCUT2D eigenvalue weighted by molar-refractivity contribution is -0.192. The summed E-state index contributed by atoms with van der Waals surface area (Å²) in [6.07, 6.45) is 7.88. The molecule has 0 amide bonds. The molecule has 1 aromatic rings. The number of ether oxygens (including phenoxy) is 3. The summed E-state index contributed by atoms with van der Waals surface area (Å²) in [5.41, 5.74) is 1.13. The minimum atomic E-state index is -0.284. The van der Waals surface area contributed by atoms with Crippen LogP contribution in [0.2, 0.25) is 0 Å². The SMILES string of the molecule is c1cncc(COC2CCC3(CC2)OCCO3)c1. The molecule has 4 nitrogen and oxygen atoms in total. The molecule has 0 unspecified atom stereocenters. The second kappa shape index (κ2) is 5.34. The summed E-state index contributed by atoms with van der Waals surface area (Å²) in [6.45, 7) is 2.12. The first-order valence-electron chi connectivity index (χ1n) is 6.65. The van der Waals surface area contributed by atoms with Gasteiger partial charge in [0.15, 0.2) is 5.79 Å². The van der Waals surface area contributed by atoms with Gasteiger partial charge in [0.05, 0.1) is 25.9 Å². The van der Waals surface area contributed by atoms with Crippen molar-refractivity contribution in [2.75, 3.05) is 13.2 Å². The van der Waals surface area contributed by atoms with E-state index in [-0.39, 0.29) is 5.79 Å². The molecule has 0 N–H and O–H groups in total. The molecule has 1 saturated heterocycles. The van der Waals surface area contributed by atoms with Crippen LogP contribution in [0.4, 0.5) is 0 Å². The largest absolute Gasteiger partial charge is 0.373 e. The monoisotopic (exact) mass is 249 g/mol. The predicted octanol–water partition coefficient (Wildman–Crippen LogP) is 2.28. The van der Waals surface area contributed by atoms with Crippen LogP contribution >= 0.6 is 0 Å². The van der Waals surface area contributed by atoms with E-state index in [0.717, 1.165) is 44.5 Å². The highest BCUT2D eigenvalue weighted by molar-refractivity contribution is 5.06. The van der Waals surface area contributed by atoms with Gasteiger partial charge in [-0.15, -0.1) is 0 Å². The van der Waals surface area contributed by atoms with Gasteiger partial charge in [0.1, 0.15) is 0 Å². The van der Waals surface area contributed by atoms with Gasteiger partial charge in [0, 0.05) is 25.2 Å². The summed E-state index contributed by atoms with van der Waals surface area (Å²) < 4.78 is 17.3. The lowest BCUT2D eigenvalue weighted by Crippen LogP contribution is -2.37. The molecule has 4 heteroatoms. The van der Waals surface area contributed by atoms with E-state index in [4.69, 9.17) is 14.2 Å². The number of hydrogen-bond acceptors (Lipinski definition) is 4. The van der Waals surface area contributed by atoms with Gasteiger partial charge in [-0.2, -0.15) is 0 Å². The summed E-state index contributed by atoms with van der Waals surface area (Å²) in [7, 11) is 0. The Kier molecular flexibility index (Phi) is 3.59. The molecule has 1 spiro atoms. The van der Waals surface area contributed by atoms with Crippen LogP contribution in [0, 0.1) is 0 Å². The van der Waals surface area contributed by atoms with E-state index in [9.17, 15) is 0 Å². The zero-order chi connectivity index (χ0) is 12.3. The molecule has 1 aromatic heterocycles. The number of hydrogen-bond donors (Lipinski definition) is 0. The maximum absolute atomic E-state index is 5.92. The Labute approximate surface area is 107 Å². The standard InChI is InChI=1S/C14H19NO3/c1-2-12(10-15-7-1)11-16-13-3-5-14(6-4-13)17-8-9-18-14/h1-2,7,10,13H,3-6,8-9,11H2. The van der Waals surface area contributed by atoms with Crippen LogP contribution in [0.3, 0.4) is 0 Å². The Morgan fingerprint density at radius 1 is 1.28 bits per heavy atom. The van der Waals surface area contributed by atoms with Crippen molar-refractivity contribution in [3.05, 3.63) is 30.1 Å². The van der Waals surface area contributed by atoms with Gasteiger partial charge >= 0.3 is 0 Å². The van der Waals surface area contributed by atoms with Crippen LogP contribution in [0.5, 0.6) is 0 Å². The topological polar surface area (TPSA) is 40.6 Å². The average molecular weight is 249 g/mol. The predicted molar refractivity (Wildman–Crippen MR) is 65.9 cm³/mol. The Morgan fingerprint density at radius 3 is 2.72 bits per heavy atom. The van der Waals surface area contributed by atoms with Crippen LogP contribution in [-0.2, 0) is 20.8 Å². The number of pyridine rings is 1. The highest BCUT2D eigenvalue weighted by Crippen LogP contribution is 2.36. The van der Waals surface area contributed by atoms with Crippen LogP contribution < -0.4 is 0 Å². The molecule has 18 heavy (non-hydrogen) atoms. The van der Waals surface area contributed by atoms with Gasteiger partial charge < -0.3 is 14.2 Å². The number of nitrogens with zero attached hydrogens (tertiary/aromatic N) is 1. The molecule has 2 aliphatic rings. The third-order valence-corrected chi connectivity index (χ3v) is 3.72. The van der Waals surface area contributed by atoms with Crippen molar-refractivity contribution in [1.82, 2.24) is 4.98 Å². The van der Waals surface area contributed by atoms with E-state index in [1.54, 1.807) is 6.20 Å². The maximum atomic E-state index is 5.92. The highest BCUT2D eigenvalue weighted by Gasteiger charge is 2.40. The fraction of sp³-hybridized carbons (Fsp3) is 0.643. The van der Waals surface area contributed by atoms with Crippen molar-refractivity contribution >= 4 is 0 Å². The van der Waals surface area contributed by atoms with E-state index in [0.29, 0.717) is 12.7 Å². The zero-order valence-corrected chi connectivity index (χ0v) is 10.5. The first-order chi connectivity index (χ1) is 8.86. The Bertz CT molecular complexity index is 366. The molecular weight excluding hydrogens is 230 g/mol. The molecule has 2 heterocycles. The normalized spacial score (nSPS) is 23.6. The number of aromatic nitrogens is 1. The quantitative estimate of drug-likeness (QED) is 0.824.